The molecule has 0 radical (unpaired) electrons. The van der Waals surface area contributed by atoms with Crippen LogP contribution in [0.4, 0.5) is 4.39 Å². The van der Waals surface area contributed by atoms with E-state index in [1.807, 2.05) is 25.1 Å². The first-order valence-corrected chi connectivity index (χ1v) is 8.92. The highest BCUT2D eigenvalue weighted by Crippen LogP contribution is 2.18. The molecule has 2 N–H and O–H groups in total. The fourth-order valence-electron chi connectivity index (χ4n) is 2.65. The monoisotopic (exact) mass is 391 g/mol. The molecular formula is C20H23ClFN3O2. The molecule has 0 aliphatic rings. The molecule has 2 rings (SSSR count). The van der Waals surface area contributed by atoms with E-state index in [-0.39, 0.29) is 24.3 Å². The summed E-state index contributed by atoms with van der Waals surface area (Å²) < 4.78 is 13.5. The van der Waals surface area contributed by atoms with E-state index in [0.29, 0.717) is 10.6 Å². The molecular weight excluding hydrogens is 369 g/mol. The predicted molar refractivity (Wildman–Crippen MR) is 104 cm³/mol. The number of carbonyl (C=O) groups is 2. The third-order valence-electron chi connectivity index (χ3n) is 4.19. The Bertz CT molecular complexity index is 813. The van der Waals surface area contributed by atoms with Crippen LogP contribution in [0.3, 0.4) is 0 Å². The number of halogens is 2. The molecule has 0 spiro atoms. The maximum Gasteiger partial charge on any atom is 0.253 e. The molecule has 0 fully saturated rings. The number of hydrogen-bond donors (Lipinski definition) is 2. The largest absolute Gasteiger partial charge is 0.352 e. The third-order valence-corrected chi connectivity index (χ3v) is 4.52. The average Bonchev–Trinajstić information content (AvgIpc) is 2.61. The minimum atomic E-state index is -0.746. The van der Waals surface area contributed by atoms with Gasteiger partial charge in [-0.3, -0.25) is 9.59 Å². The van der Waals surface area contributed by atoms with Crippen LogP contribution in [-0.4, -0.2) is 43.4 Å². The Kier molecular flexibility index (Phi) is 7.33. The molecule has 144 valence electrons. The van der Waals surface area contributed by atoms with Crippen LogP contribution in [0.25, 0.3) is 0 Å². The van der Waals surface area contributed by atoms with Crippen molar-refractivity contribution in [3.05, 3.63) is 70.5 Å². The Hall–Kier alpha value is -2.44. The molecule has 0 aromatic heterocycles. The van der Waals surface area contributed by atoms with Gasteiger partial charge in [0.25, 0.3) is 5.91 Å². The van der Waals surface area contributed by atoms with Crippen molar-refractivity contribution in [2.24, 2.45) is 0 Å². The zero-order valence-corrected chi connectivity index (χ0v) is 16.3. The van der Waals surface area contributed by atoms with Crippen LogP contribution in [-0.2, 0) is 4.79 Å². The smallest absolute Gasteiger partial charge is 0.253 e. The van der Waals surface area contributed by atoms with Crippen molar-refractivity contribution in [1.29, 1.82) is 0 Å². The molecule has 2 unspecified atom stereocenters. The van der Waals surface area contributed by atoms with E-state index in [4.69, 9.17) is 11.6 Å². The van der Waals surface area contributed by atoms with Gasteiger partial charge in [-0.05, 0) is 50.8 Å². The quantitative estimate of drug-likeness (QED) is 0.762. The van der Waals surface area contributed by atoms with E-state index in [0.717, 1.165) is 5.56 Å². The van der Waals surface area contributed by atoms with E-state index >= 15 is 0 Å². The average molecular weight is 392 g/mol. The summed E-state index contributed by atoms with van der Waals surface area (Å²) >= 11 is 6.00. The first-order valence-electron chi connectivity index (χ1n) is 8.54. The molecule has 0 bridgehead atoms. The second kappa shape index (κ2) is 9.48. The van der Waals surface area contributed by atoms with Gasteiger partial charge in [0.05, 0.1) is 16.6 Å². The van der Waals surface area contributed by atoms with Crippen LogP contribution < -0.4 is 10.6 Å². The molecule has 0 saturated carbocycles. The van der Waals surface area contributed by atoms with Crippen molar-refractivity contribution < 1.29 is 14.0 Å². The normalized spacial score (nSPS) is 13.1. The summed E-state index contributed by atoms with van der Waals surface area (Å²) in [5.74, 6) is -1.08. The summed E-state index contributed by atoms with van der Waals surface area (Å²) in [4.78, 5) is 26.5. The highest BCUT2D eigenvalue weighted by molar-refractivity contribution is 6.33. The number of benzene rings is 2. The number of likely N-dealkylation sites (N-methyl/N-ethyl adjacent to an activating group) is 1. The lowest BCUT2D eigenvalue weighted by Gasteiger charge is -2.26. The van der Waals surface area contributed by atoms with Crippen LogP contribution in [0.15, 0.2) is 48.5 Å². The number of nitrogens with zero attached hydrogens (tertiary/aromatic N) is 1. The van der Waals surface area contributed by atoms with Crippen LogP contribution >= 0.6 is 11.6 Å². The summed E-state index contributed by atoms with van der Waals surface area (Å²) in [6.45, 7) is 1.87. The zero-order valence-electron chi connectivity index (χ0n) is 15.5. The first-order chi connectivity index (χ1) is 12.8. The van der Waals surface area contributed by atoms with Crippen molar-refractivity contribution in [2.75, 3.05) is 20.6 Å². The Balaban J connectivity index is 1.97. The zero-order chi connectivity index (χ0) is 20.0. The first kappa shape index (κ1) is 20.9. The van der Waals surface area contributed by atoms with Gasteiger partial charge < -0.3 is 15.5 Å². The number of rotatable bonds is 7. The van der Waals surface area contributed by atoms with E-state index in [2.05, 4.69) is 10.6 Å². The molecule has 0 aliphatic heterocycles. The highest BCUT2D eigenvalue weighted by Gasteiger charge is 2.20. The lowest BCUT2D eigenvalue weighted by molar-refractivity contribution is -0.122. The van der Waals surface area contributed by atoms with Crippen LogP contribution in [0, 0.1) is 5.82 Å². The number of hydrogen-bond acceptors (Lipinski definition) is 3. The molecule has 7 heteroatoms. The fraction of sp³-hybridized carbons (Fsp3) is 0.300. The summed E-state index contributed by atoms with van der Waals surface area (Å²) in [5.41, 5.74) is 1.07. The lowest BCUT2D eigenvalue weighted by atomic mass is 10.1. The molecule has 0 saturated heterocycles. The minimum Gasteiger partial charge on any atom is -0.352 e. The van der Waals surface area contributed by atoms with Gasteiger partial charge in [-0.25, -0.2) is 4.39 Å². The second-order valence-corrected chi connectivity index (χ2v) is 6.86. The highest BCUT2D eigenvalue weighted by atomic mass is 35.5. The molecule has 5 nitrogen and oxygen atoms in total. The SMILES string of the molecule is CC(NC(=O)c1ccccc1Cl)C(=O)NCC(c1cccc(F)c1)N(C)C. The number of nitrogens with one attached hydrogen (secondary N) is 2. The lowest BCUT2D eigenvalue weighted by Crippen LogP contribution is -2.46. The molecule has 27 heavy (non-hydrogen) atoms. The van der Waals surface area contributed by atoms with Crippen LogP contribution in [0.1, 0.15) is 28.9 Å². The van der Waals surface area contributed by atoms with Gasteiger partial charge in [0.2, 0.25) is 5.91 Å². The van der Waals surface area contributed by atoms with Gasteiger partial charge in [-0.2, -0.15) is 0 Å². The van der Waals surface area contributed by atoms with Gasteiger partial charge in [0.1, 0.15) is 11.9 Å². The van der Waals surface area contributed by atoms with E-state index in [1.165, 1.54) is 12.1 Å². The van der Waals surface area contributed by atoms with Gasteiger partial charge in [-0.1, -0.05) is 35.9 Å². The topological polar surface area (TPSA) is 61.4 Å². The van der Waals surface area contributed by atoms with E-state index in [9.17, 15) is 14.0 Å². The van der Waals surface area contributed by atoms with Crippen LogP contribution in [0.5, 0.6) is 0 Å². The Morgan fingerprint density at radius 1 is 1.15 bits per heavy atom. The van der Waals surface area contributed by atoms with Gasteiger partial charge >= 0.3 is 0 Å². The van der Waals surface area contributed by atoms with Gasteiger partial charge in [0, 0.05) is 6.54 Å². The van der Waals surface area contributed by atoms with Gasteiger partial charge in [0.15, 0.2) is 0 Å². The molecule has 2 aromatic carbocycles. The van der Waals surface area contributed by atoms with E-state index < -0.39 is 11.9 Å². The Morgan fingerprint density at radius 3 is 2.48 bits per heavy atom. The molecule has 2 atom stereocenters. The minimum absolute atomic E-state index is 0.198. The standard InChI is InChI=1S/C20H23ClFN3O2/c1-13(24-20(27)16-9-4-5-10-17(16)21)19(26)23-12-18(25(2)3)14-7-6-8-15(22)11-14/h4-11,13,18H,12H2,1-3H3,(H,23,26)(H,24,27). The summed E-state index contributed by atoms with van der Waals surface area (Å²) in [5, 5.41) is 5.75. The fourth-order valence-corrected chi connectivity index (χ4v) is 2.87. The predicted octanol–water partition coefficient (Wildman–Crippen LogP) is 3.02. The molecule has 0 aliphatic carbocycles. The van der Waals surface area contributed by atoms with Crippen molar-refractivity contribution >= 4 is 23.4 Å². The third kappa shape index (κ3) is 5.77. The van der Waals surface area contributed by atoms with E-state index in [1.54, 1.807) is 37.3 Å². The number of carbonyl (C=O) groups excluding carboxylic acids is 2. The Morgan fingerprint density at radius 2 is 1.85 bits per heavy atom. The number of amides is 2. The van der Waals surface area contributed by atoms with Crippen molar-refractivity contribution in [3.8, 4) is 0 Å². The summed E-state index contributed by atoms with van der Waals surface area (Å²) in [6.07, 6.45) is 0. The van der Waals surface area contributed by atoms with Crippen molar-refractivity contribution in [2.45, 2.75) is 19.0 Å². The molecule has 2 aromatic rings. The van der Waals surface area contributed by atoms with Crippen molar-refractivity contribution in [3.63, 3.8) is 0 Å². The Labute approximate surface area is 163 Å². The molecule has 0 heterocycles. The van der Waals surface area contributed by atoms with Crippen LogP contribution in [0.2, 0.25) is 5.02 Å². The maximum atomic E-state index is 13.5. The van der Waals surface area contributed by atoms with Gasteiger partial charge in [-0.15, -0.1) is 0 Å². The van der Waals surface area contributed by atoms with Crippen molar-refractivity contribution in [1.82, 2.24) is 15.5 Å². The second-order valence-electron chi connectivity index (χ2n) is 6.45. The summed E-state index contributed by atoms with van der Waals surface area (Å²) in [6, 6.07) is 11.9. The maximum absolute atomic E-state index is 13.5. The summed E-state index contributed by atoms with van der Waals surface area (Å²) in [7, 11) is 3.70. The molecule has 2 amide bonds.